The molecule has 0 atom stereocenters. The van der Waals surface area contributed by atoms with Crippen LogP contribution in [0.3, 0.4) is 0 Å². The zero-order valence-corrected chi connectivity index (χ0v) is 16.6. The molecule has 2 aromatic heterocycles. The molecule has 3 heterocycles. The second-order valence-corrected chi connectivity index (χ2v) is 7.99. The summed E-state index contributed by atoms with van der Waals surface area (Å²) in [6.45, 7) is 1.95. The standard InChI is InChI=1S/C24H24N4O.H2/c1-28-13-10-16(11-14-28)24(29)27-23-9-6-20-19(5-8-22(20)26-23)17-4-7-21-18(15-17)3-2-12-25-21;/h2-7,9,12,15-16H,8,10-11,13-14H2,1H3,(H,26,27,29);1H. The van der Waals surface area contributed by atoms with Crippen LogP contribution in [-0.4, -0.2) is 40.9 Å². The summed E-state index contributed by atoms with van der Waals surface area (Å²) in [6, 6.07) is 14.4. The third kappa shape index (κ3) is 3.54. The SMILES string of the molecule is CN1CCC(C(=O)Nc2ccc3c(n2)CC=C3c2ccc3ncccc3c2)CC1.[HH]. The molecule has 1 saturated heterocycles. The van der Waals surface area contributed by atoms with Gasteiger partial charge in [0.15, 0.2) is 0 Å². The van der Waals surface area contributed by atoms with E-state index in [-0.39, 0.29) is 13.3 Å². The van der Waals surface area contributed by atoms with Crippen LogP contribution < -0.4 is 5.32 Å². The molecule has 1 aliphatic carbocycles. The van der Waals surface area contributed by atoms with Crippen molar-refractivity contribution in [2.45, 2.75) is 19.3 Å². The Hall–Kier alpha value is -3.05. The molecule has 1 aromatic carbocycles. The van der Waals surface area contributed by atoms with Crippen molar-refractivity contribution in [2.75, 3.05) is 25.5 Å². The van der Waals surface area contributed by atoms with Crippen molar-refractivity contribution in [2.24, 2.45) is 5.92 Å². The summed E-state index contributed by atoms with van der Waals surface area (Å²) in [7, 11) is 2.10. The van der Waals surface area contributed by atoms with Gasteiger partial charge in [0.05, 0.1) is 11.2 Å². The minimum absolute atomic E-state index is 0. The average Bonchev–Trinajstić information content (AvgIpc) is 3.17. The van der Waals surface area contributed by atoms with Crippen molar-refractivity contribution in [1.29, 1.82) is 0 Å². The molecule has 1 N–H and O–H groups in total. The number of likely N-dealkylation sites (tertiary alicyclic amines) is 1. The van der Waals surface area contributed by atoms with Gasteiger partial charge in [0, 0.05) is 30.9 Å². The largest absolute Gasteiger partial charge is 0.310 e. The molecule has 1 aliphatic heterocycles. The molecule has 0 radical (unpaired) electrons. The van der Waals surface area contributed by atoms with Crippen LogP contribution in [0.1, 0.15) is 31.1 Å². The van der Waals surface area contributed by atoms with Crippen LogP contribution in [0.4, 0.5) is 5.82 Å². The molecule has 2 aliphatic rings. The molecule has 0 saturated carbocycles. The Morgan fingerprint density at radius 3 is 2.90 bits per heavy atom. The van der Waals surface area contributed by atoms with Gasteiger partial charge in [-0.3, -0.25) is 9.78 Å². The number of carbonyl (C=O) groups is 1. The molecule has 5 nitrogen and oxygen atoms in total. The monoisotopic (exact) mass is 386 g/mol. The molecular weight excluding hydrogens is 360 g/mol. The smallest absolute Gasteiger partial charge is 0.228 e. The highest BCUT2D eigenvalue weighted by molar-refractivity contribution is 5.93. The van der Waals surface area contributed by atoms with Crippen molar-refractivity contribution >= 4 is 28.2 Å². The van der Waals surface area contributed by atoms with Gasteiger partial charge in [-0.25, -0.2) is 4.98 Å². The molecule has 5 rings (SSSR count). The number of allylic oxidation sites excluding steroid dienone is 1. The summed E-state index contributed by atoms with van der Waals surface area (Å²) in [5.41, 5.74) is 5.54. The number of fused-ring (bicyclic) bond motifs is 2. The number of nitrogens with one attached hydrogen (secondary N) is 1. The van der Waals surface area contributed by atoms with Gasteiger partial charge in [0.2, 0.25) is 5.91 Å². The van der Waals surface area contributed by atoms with Crippen molar-refractivity contribution in [1.82, 2.24) is 14.9 Å². The minimum atomic E-state index is 0. The van der Waals surface area contributed by atoms with Gasteiger partial charge in [0.25, 0.3) is 0 Å². The van der Waals surface area contributed by atoms with Gasteiger partial charge < -0.3 is 10.2 Å². The van der Waals surface area contributed by atoms with Gasteiger partial charge in [-0.2, -0.15) is 0 Å². The lowest BCUT2D eigenvalue weighted by Gasteiger charge is -2.27. The van der Waals surface area contributed by atoms with Gasteiger partial charge in [-0.15, -0.1) is 0 Å². The lowest BCUT2D eigenvalue weighted by atomic mass is 9.96. The molecule has 0 bridgehead atoms. The van der Waals surface area contributed by atoms with E-state index in [2.05, 4.69) is 58.7 Å². The number of amides is 1. The van der Waals surface area contributed by atoms with Crippen molar-refractivity contribution in [3.63, 3.8) is 0 Å². The highest BCUT2D eigenvalue weighted by Gasteiger charge is 2.24. The molecule has 148 valence electrons. The molecule has 29 heavy (non-hydrogen) atoms. The van der Waals surface area contributed by atoms with Gasteiger partial charge in [-0.1, -0.05) is 18.2 Å². The summed E-state index contributed by atoms with van der Waals surface area (Å²) >= 11 is 0. The van der Waals surface area contributed by atoms with E-state index in [4.69, 9.17) is 4.98 Å². The molecule has 0 spiro atoms. The zero-order valence-electron chi connectivity index (χ0n) is 16.6. The third-order valence-electron chi connectivity index (χ3n) is 6.02. The van der Waals surface area contributed by atoms with E-state index in [0.717, 1.165) is 54.5 Å². The summed E-state index contributed by atoms with van der Waals surface area (Å²) in [5.74, 6) is 0.838. The molecular formula is C24H26N4O. The second-order valence-electron chi connectivity index (χ2n) is 7.99. The third-order valence-corrected chi connectivity index (χ3v) is 6.02. The van der Waals surface area contributed by atoms with Gasteiger partial charge in [-0.05, 0) is 74.4 Å². The van der Waals surface area contributed by atoms with Crippen molar-refractivity contribution < 1.29 is 6.22 Å². The van der Waals surface area contributed by atoms with Crippen LogP contribution in [0.5, 0.6) is 0 Å². The van der Waals surface area contributed by atoms with Crippen LogP contribution in [0, 0.1) is 5.92 Å². The lowest BCUT2D eigenvalue weighted by Crippen LogP contribution is -2.36. The lowest BCUT2D eigenvalue weighted by molar-refractivity contribution is -0.121. The zero-order chi connectivity index (χ0) is 19.8. The number of benzene rings is 1. The molecule has 5 heteroatoms. The predicted octanol–water partition coefficient (Wildman–Crippen LogP) is 4.14. The van der Waals surface area contributed by atoms with Crippen LogP contribution in [0.2, 0.25) is 0 Å². The number of hydrogen-bond donors (Lipinski definition) is 1. The number of pyridine rings is 2. The topological polar surface area (TPSA) is 58.1 Å². The number of anilines is 1. The van der Waals surface area contributed by atoms with Crippen LogP contribution in [-0.2, 0) is 11.2 Å². The summed E-state index contributed by atoms with van der Waals surface area (Å²) in [5, 5.41) is 4.17. The summed E-state index contributed by atoms with van der Waals surface area (Å²) < 4.78 is 0. The number of rotatable bonds is 3. The van der Waals surface area contributed by atoms with Crippen LogP contribution >= 0.6 is 0 Å². The normalized spacial score (nSPS) is 17.2. The molecule has 1 amide bonds. The first-order chi connectivity index (χ1) is 14.2. The Bertz CT molecular complexity index is 1120. The summed E-state index contributed by atoms with van der Waals surface area (Å²) in [6.07, 6.45) is 6.65. The Morgan fingerprint density at radius 1 is 1.17 bits per heavy atom. The van der Waals surface area contributed by atoms with Crippen molar-refractivity contribution in [3.8, 4) is 0 Å². The highest BCUT2D eigenvalue weighted by atomic mass is 16.1. The Balaban J connectivity index is 0.00000218. The first-order valence-corrected chi connectivity index (χ1v) is 10.2. The average molecular weight is 386 g/mol. The fourth-order valence-corrected chi connectivity index (χ4v) is 4.30. The maximum atomic E-state index is 12.6. The van der Waals surface area contributed by atoms with E-state index in [1.807, 2.05) is 18.3 Å². The van der Waals surface area contributed by atoms with Crippen LogP contribution in [0.15, 0.2) is 54.7 Å². The highest BCUT2D eigenvalue weighted by Crippen LogP contribution is 2.33. The fraction of sp³-hybridized carbons (Fsp3) is 0.292. The number of hydrogen-bond acceptors (Lipinski definition) is 4. The van der Waals surface area contributed by atoms with Gasteiger partial charge in [0.1, 0.15) is 5.82 Å². The number of piperidine rings is 1. The Kier molecular flexibility index (Phi) is 4.60. The number of aromatic nitrogens is 2. The maximum Gasteiger partial charge on any atom is 0.228 e. The van der Waals surface area contributed by atoms with Gasteiger partial charge >= 0.3 is 0 Å². The number of carbonyl (C=O) groups excluding carboxylic acids is 1. The molecule has 3 aromatic rings. The minimum Gasteiger partial charge on any atom is -0.310 e. The van der Waals surface area contributed by atoms with E-state index < -0.39 is 0 Å². The van der Waals surface area contributed by atoms with E-state index in [9.17, 15) is 4.79 Å². The molecule has 1 fully saturated rings. The van der Waals surface area contributed by atoms with E-state index in [1.54, 1.807) is 0 Å². The quantitative estimate of drug-likeness (QED) is 0.735. The Labute approximate surface area is 172 Å². The van der Waals surface area contributed by atoms with Crippen molar-refractivity contribution in [3.05, 3.63) is 71.6 Å². The molecule has 0 unspecified atom stereocenters. The number of nitrogens with zero attached hydrogens (tertiary/aromatic N) is 3. The Morgan fingerprint density at radius 2 is 2.03 bits per heavy atom. The van der Waals surface area contributed by atoms with E-state index in [1.165, 1.54) is 11.1 Å². The maximum absolute atomic E-state index is 12.6. The predicted molar refractivity (Wildman–Crippen MR) is 118 cm³/mol. The second kappa shape index (κ2) is 7.41. The van der Waals surface area contributed by atoms with Crippen LogP contribution in [0.25, 0.3) is 16.5 Å². The fourth-order valence-electron chi connectivity index (χ4n) is 4.30. The van der Waals surface area contributed by atoms with E-state index in [0.29, 0.717) is 5.82 Å². The van der Waals surface area contributed by atoms with E-state index >= 15 is 0 Å². The summed E-state index contributed by atoms with van der Waals surface area (Å²) in [4.78, 5) is 24.0. The first kappa shape index (κ1) is 18.0. The first-order valence-electron chi connectivity index (χ1n) is 10.2.